The van der Waals surface area contributed by atoms with Crippen LogP contribution >= 0.6 is 23.4 Å². The Morgan fingerprint density at radius 2 is 2.31 bits per heavy atom. The highest BCUT2D eigenvalue weighted by atomic mass is 35.5. The fourth-order valence-electron chi connectivity index (χ4n) is 1.27. The molecular formula is C10H16ClN3OS. The summed E-state index contributed by atoms with van der Waals surface area (Å²) in [6.07, 6.45) is 3.52. The van der Waals surface area contributed by atoms with E-state index in [4.69, 9.17) is 16.3 Å². The van der Waals surface area contributed by atoms with Crippen LogP contribution in [0.25, 0.3) is 0 Å². The van der Waals surface area contributed by atoms with Gasteiger partial charge in [0.1, 0.15) is 6.33 Å². The lowest BCUT2D eigenvalue weighted by molar-refractivity contribution is 0.412. The van der Waals surface area contributed by atoms with E-state index in [-0.39, 0.29) is 0 Å². The van der Waals surface area contributed by atoms with Gasteiger partial charge < -0.3 is 10.1 Å². The molecule has 1 atom stereocenters. The van der Waals surface area contributed by atoms with Crippen molar-refractivity contribution >= 4 is 29.2 Å². The van der Waals surface area contributed by atoms with E-state index < -0.39 is 0 Å². The second-order valence-electron chi connectivity index (χ2n) is 3.49. The SMILES string of the molecule is COc1c(Cl)ncnc1NCC(C)CSC. The molecule has 0 amide bonds. The Hall–Kier alpha value is -0.680. The first-order chi connectivity index (χ1) is 7.69. The third kappa shape index (κ3) is 3.72. The molecule has 0 spiro atoms. The van der Waals surface area contributed by atoms with Crippen LogP contribution < -0.4 is 10.1 Å². The first kappa shape index (κ1) is 13.4. The van der Waals surface area contributed by atoms with Gasteiger partial charge in [0, 0.05) is 6.54 Å². The number of methoxy groups -OCH3 is 1. The summed E-state index contributed by atoms with van der Waals surface area (Å²) in [7, 11) is 1.56. The number of hydrogen-bond acceptors (Lipinski definition) is 5. The molecule has 0 saturated heterocycles. The molecule has 4 nitrogen and oxygen atoms in total. The Bertz CT molecular complexity index is 338. The number of aromatic nitrogens is 2. The standard InChI is InChI=1S/C10H16ClN3OS/c1-7(5-16-3)4-12-10-8(15-2)9(11)13-6-14-10/h6-7H,4-5H2,1-3H3,(H,12,13,14). The number of ether oxygens (including phenoxy) is 1. The van der Waals surface area contributed by atoms with Gasteiger partial charge in [-0.15, -0.1) is 0 Å². The molecule has 0 radical (unpaired) electrons. The molecule has 0 saturated carbocycles. The van der Waals surface area contributed by atoms with Crippen molar-refractivity contribution in [3.63, 3.8) is 0 Å². The van der Waals surface area contributed by atoms with Crippen molar-refractivity contribution in [3.05, 3.63) is 11.5 Å². The van der Waals surface area contributed by atoms with Gasteiger partial charge in [-0.2, -0.15) is 11.8 Å². The predicted molar refractivity (Wildman–Crippen MR) is 69.6 cm³/mol. The van der Waals surface area contributed by atoms with Crippen molar-refractivity contribution in [2.75, 3.05) is 31.0 Å². The van der Waals surface area contributed by atoms with Crippen molar-refractivity contribution in [2.45, 2.75) is 6.92 Å². The Balaban J connectivity index is 2.63. The summed E-state index contributed by atoms with van der Waals surface area (Å²) in [5.41, 5.74) is 0. The zero-order valence-corrected chi connectivity index (χ0v) is 11.2. The minimum absolute atomic E-state index is 0.331. The van der Waals surface area contributed by atoms with Crippen LogP contribution in [0.5, 0.6) is 5.75 Å². The number of hydrogen-bond donors (Lipinski definition) is 1. The minimum atomic E-state index is 0.331. The first-order valence-electron chi connectivity index (χ1n) is 4.96. The lowest BCUT2D eigenvalue weighted by Gasteiger charge is -2.13. The van der Waals surface area contributed by atoms with Gasteiger partial charge in [0.05, 0.1) is 7.11 Å². The Labute approximate surface area is 105 Å². The van der Waals surface area contributed by atoms with E-state index >= 15 is 0 Å². The Kier molecular flexibility index (Phi) is 5.69. The summed E-state index contributed by atoms with van der Waals surface area (Å²) in [6, 6.07) is 0. The monoisotopic (exact) mass is 261 g/mol. The largest absolute Gasteiger partial charge is 0.490 e. The summed E-state index contributed by atoms with van der Waals surface area (Å²) in [4.78, 5) is 7.96. The van der Waals surface area contributed by atoms with Crippen LogP contribution in [-0.2, 0) is 0 Å². The van der Waals surface area contributed by atoms with Crippen molar-refractivity contribution in [1.29, 1.82) is 0 Å². The highest BCUT2D eigenvalue weighted by molar-refractivity contribution is 7.98. The van der Waals surface area contributed by atoms with Crippen LogP contribution in [0.3, 0.4) is 0 Å². The molecule has 0 fully saturated rings. The maximum atomic E-state index is 5.89. The smallest absolute Gasteiger partial charge is 0.198 e. The molecule has 0 aliphatic carbocycles. The highest BCUT2D eigenvalue weighted by Crippen LogP contribution is 2.28. The van der Waals surface area contributed by atoms with Gasteiger partial charge in [0.2, 0.25) is 0 Å². The first-order valence-corrected chi connectivity index (χ1v) is 6.73. The fraction of sp³-hybridized carbons (Fsp3) is 0.600. The molecule has 6 heteroatoms. The molecule has 0 bridgehead atoms. The van der Waals surface area contributed by atoms with Gasteiger partial charge in [-0.25, -0.2) is 9.97 Å². The molecule has 0 aliphatic heterocycles. The lowest BCUT2D eigenvalue weighted by Crippen LogP contribution is -2.14. The highest BCUT2D eigenvalue weighted by Gasteiger charge is 2.10. The number of thioether (sulfide) groups is 1. The van der Waals surface area contributed by atoms with Crippen LogP contribution in [-0.4, -0.2) is 35.6 Å². The van der Waals surface area contributed by atoms with Gasteiger partial charge in [-0.3, -0.25) is 0 Å². The fourth-order valence-corrected chi connectivity index (χ4v) is 2.17. The summed E-state index contributed by atoms with van der Waals surface area (Å²) >= 11 is 7.71. The van der Waals surface area contributed by atoms with Crippen LogP contribution in [0.2, 0.25) is 5.15 Å². The minimum Gasteiger partial charge on any atom is -0.490 e. The molecule has 1 heterocycles. The molecule has 1 aromatic heterocycles. The summed E-state index contributed by atoms with van der Waals surface area (Å²) in [5, 5.41) is 3.55. The van der Waals surface area contributed by atoms with Crippen molar-refractivity contribution in [2.24, 2.45) is 5.92 Å². The molecular weight excluding hydrogens is 246 g/mol. The second-order valence-corrected chi connectivity index (χ2v) is 4.76. The average molecular weight is 262 g/mol. The molecule has 0 aliphatic rings. The molecule has 1 aromatic rings. The number of anilines is 1. The van der Waals surface area contributed by atoms with Crippen molar-refractivity contribution in [1.82, 2.24) is 9.97 Å². The van der Waals surface area contributed by atoms with Crippen LogP contribution in [0, 0.1) is 5.92 Å². The van der Waals surface area contributed by atoms with E-state index in [0.29, 0.717) is 22.6 Å². The van der Waals surface area contributed by atoms with Gasteiger partial charge >= 0.3 is 0 Å². The number of nitrogens with zero attached hydrogens (tertiary/aromatic N) is 2. The maximum Gasteiger partial charge on any atom is 0.198 e. The predicted octanol–water partition coefficient (Wildman–Crippen LogP) is 2.55. The van der Waals surface area contributed by atoms with E-state index in [9.17, 15) is 0 Å². The van der Waals surface area contributed by atoms with E-state index in [1.54, 1.807) is 7.11 Å². The number of halogens is 1. The third-order valence-corrected chi connectivity index (χ3v) is 3.21. The summed E-state index contributed by atoms with van der Waals surface area (Å²) in [5.74, 6) is 2.82. The quantitative estimate of drug-likeness (QED) is 0.798. The third-order valence-electron chi connectivity index (χ3n) is 2.03. The maximum absolute atomic E-state index is 5.89. The molecule has 1 rings (SSSR count). The zero-order valence-electron chi connectivity index (χ0n) is 9.66. The molecule has 90 valence electrons. The average Bonchev–Trinajstić information content (AvgIpc) is 2.27. The molecule has 16 heavy (non-hydrogen) atoms. The van der Waals surface area contributed by atoms with Crippen molar-refractivity contribution in [3.8, 4) is 5.75 Å². The van der Waals surface area contributed by atoms with Gasteiger partial charge in [0.25, 0.3) is 0 Å². The second kappa shape index (κ2) is 6.81. The Morgan fingerprint density at radius 3 is 2.94 bits per heavy atom. The van der Waals surface area contributed by atoms with Gasteiger partial charge in [0.15, 0.2) is 16.7 Å². The van der Waals surface area contributed by atoms with Crippen LogP contribution in [0.1, 0.15) is 6.92 Å². The van der Waals surface area contributed by atoms with E-state index in [1.165, 1.54) is 6.33 Å². The number of nitrogens with one attached hydrogen (secondary N) is 1. The molecule has 1 unspecified atom stereocenters. The molecule has 1 N–H and O–H groups in total. The topological polar surface area (TPSA) is 47.0 Å². The van der Waals surface area contributed by atoms with Crippen LogP contribution in [0.4, 0.5) is 5.82 Å². The lowest BCUT2D eigenvalue weighted by atomic mass is 10.2. The number of rotatable bonds is 6. The summed E-state index contributed by atoms with van der Waals surface area (Å²) < 4.78 is 5.14. The summed E-state index contributed by atoms with van der Waals surface area (Å²) in [6.45, 7) is 3.02. The van der Waals surface area contributed by atoms with Crippen molar-refractivity contribution < 1.29 is 4.74 Å². The van der Waals surface area contributed by atoms with E-state index in [2.05, 4.69) is 28.5 Å². The zero-order chi connectivity index (χ0) is 12.0. The molecule has 0 aromatic carbocycles. The van der Waals surface area contributed by atoms with Gasteiger partial charge in [-0.05, 0) is 17.9 Å². The van der Waals surface area contributed by atoms with E-state index in [1.807, 2.05) is 11.8 Å². The Morgan fingerprint density at radius 1 is 1.56 bits per heavy atom. The van der Waals surface area contributed by atoms with E-state index in [0.717, 1.165) is 12.3 Å². The van der Waals surface area contributed by atoms with Crippen LogP contribution in [0.15, 0.2) is 6.33 Å². The van der Waals surface area contributed by atoms with Gasteiger partial charge in [-0.1, -0.05) is 18.5 Å². The normalized spacial score (nSPS) is 12.2.